The fourth-order valence-corrected chi connectivity index (χ4v) is 7.01. The molecule has 3 heterocycles. The van der Waals surface area contributed by atoms with Gasteiger partial charge in [-0.15, -0.1) is 0 Å². The van der Waals surface area contributed by atoms with E-state index >= 15 is 0 Å². The zero-order valence-electron chi connectivity index (χ0n) is 21.0. The summed E-state index contributed by atoms with van der Waals surface area (Å²) in [5, 5.41) is 3.81. The molecule has 38 heavy (non-hydrogen) atoms. The van der Waals surface area contributed by atoms with Crippen molar-refractivity contribution in [2.75, 3.05) is 26.2 Å². The summed E-state index contributed by atoms with van der Waals surface area (Å²) in [7, 11) is -3.97. The van der Waals surface area contributed by atoms with E-state index in [0.717, 1.165) is 18.6 Å². The molecule has 0 aliphatic carbocycles. The molecule has 0 bridgehead atoms. The number of halogens is 2. The Labute approximate surface area is 220 Å². The number of rotatable bonds is 6. The first-order chi connectivity index (χ1) is 18.2. The van der Waals surface area contributed by atoms with Gasteiger partial charge in [0.25, 0.3) is 0 Å². The van der Waals surface area contributed by atoms with Gasteiger partial charge in [0.05, 0.1) is 0 Å². The third-order valence-electron chi connectivity index (χ3n) is 7.38. The predicted octanol–water partition coefficient (Wildman–Crippen LogP) is 4.85. The van der Waals surface area contributed by atoms with Gasteiger partial charge in [-0.25, -0.2) is 17.2 Å². The summed E-state index contributed by atoms with van der Waals surface area (Å²) in [6.45, 7) is 3.33. The molecule has 1 amide bonds. The number of benzene rings is 2. The van der Waals surface area contributed by atoms with E-state index in [4.69, 9.17) is 4.52 Å². The number of nitrogens with zero attached hydrogens (tertiary/aromatic N) is 3. The second-order valence-corrected chi connectivity index (χ2v) is 11.7. The van der Waals surface area contributed by atoms with Crippen LogP contribution in [-0.2, 0) is 14.8 Å². The van der Waals surface area contributed by atoms with Crippen LogP contribution in [0.1, 0.15) is 47.8 Å². The van der Waals surface area contributed by atoms with E-state index in [9.17, 15) is 22.0 Å². The molecule has 0 radical (unpaired) electrons. The smallest absolute Gasteiger partial charge is 0.248 e. The van der Waals surface area contributed by atoms with E-state index in [1.54, 1.807) is 0 Å². The monoisotopic (exact) mass is 541 g/mol. The molecule has 2 saturated heterocycles. The van der Waals surface area contributed by atoms with Crippen molar-refractivity contribution in [1.29, 1.82) is 0 Å². The van der Waals surface area contributed by atoms with Crippen molar-refractivity contribution in [3.8, 4) is 0 Å². The number of aryl methyl sites for hydroxylation is 1. The Bertz CT molecular complexity index is 1450. The maximum atomic E-state index is 14.0. The maximum absolute atomic E-state index is 14.0. The predicted molar refractivity (Wildman–Crippen MR) is 138 cm³/mol. The summed E-state index contributed by atoms with van der Waals surface area (Å²) < 4.78 is 60.8. The Morgan fingerprint density at radius 3 is 2.47 bits per heavy atom. The molecule has 2 aliphatic rings. The van der Waals surface area contributed by atoms with Gasteiger partial charge in [0.15, 0.2) is 10.7 Å². The van der Waals surface area contributed by atoms with Gasteiger partial charge in [-0.05, 0) is 56.0 Å². The Hall–Kier alpha value is -3.37. The fraction of sp³-hybridized carbons (Fsp3) is 0.357. The van der Waals surface area contributed by atoms with Crippen LogP contribution in [0.3, 0.4) is 0 Å². The second-order valence-electron chi connectivity index (χ2n) is 9.82. The molecular formula is C28H29F2N3O4S. The normalized spacial score (nSPS) is 19.4. The van der Waals surface area contributed by atoms with Gasteiger partial charge >= 0.3 is 0 Å². The van der Waals surface area contributed by atoms with E-state index < -0.39 is 21.7 Å². The molecule has 0 saturated carbocycles. The molecule has 2 aromatic carbocycles. The van der Waals surface area contributed by atoms with Crippen LogP contribution >= 0.6 is 0 Å². The van der Waals surface area contributed by atoms with E-state index in [-0.39, 0.29) is 46.8 Å². The van der Waals surface area contributed by atoms with Crippen molar-refractivity contribution in [2.24, 2.45) is 5.92 Å². The number of carbonyl (C=O) groups excluding carboxylic acids is 1. The fourth-order valence-electron chi connectivity index (χ4n) is 5.29. The van der Waals surface area contributed by atoms with Gasteiger partial charge in [0.1, 0.15) is 17.3 Å². The Balaban J connectivity index is 1.24. The van der Waals surface area contributed by atoms with Crippen molar-refractivity contribution in [3.05, 3.63) is 82.7 Å². The highest BCUT2D eigenvalue weighted by molar-refractivity contribution is 7.89. The van der Waals surface area contributed by atoms with Crippen LogP contribution < -0.4 is 0 Å². The largest absolute Gasteiger partial charge is 0.355 e. The Morgan fingerprint density at radius 1 is 1.03 bits per heavy atom. The van der Waals surface area contributed by atoms with Crippen LogP contribution in [0.25, 0.3) is 12.2 Å². The molecule has 0 unspecified atom stereocenters. The first-order valence-corrected chi connectivity index (χ1v) is 14.1. The molecule has 3 aromatic rings. The third kappa shape index (κ3) is 5.28. The number of amides is 1. The van der Waals surface area contributed by atoms with E-state index in [1.165, 1.54) is 35.0 Å². The minimum Gasteiger partial charge on any atom is -0.355 e. The minimum absolute atomic E-state index is 0.0338. The lowest BCUT2D eigenvalue weighted by molar-refractivity contribution is -0.135. The SMILES string of the molecule is Cc1noc(/C=C/c2ccc(F)cc2F)c1S(=O)(=O)N1CCC(C(=O)N2CC[C@H](c3ccccc3)C2)CC1. The van der Waals surface area contributed by atoms with E-state index in [0.29, 0.717) is 31.8 Å². The third-order valence-corrected chi connectivity index (χ3v) is 9.44. The lowest BCUT2D eigenvalue weighted by Gasteiger charge is -2.32. The first-order valence-electron chi connectivity index (χ1n) is 12.7. The van der Waals surface area contributed by atoms with Crippen LogP contribution in [0.15, 0.2) is 57.9 Å². The van der Waals surface area contributed by atoms with Gasteiger partial charge in [-0.1, -0.05) is 35.5 Å². The molecule has 2 aliphatic heterocycles. The highest BCUT2D eigenvalue weighted by Gasteiger charge is 2.38. The molecule has 2 fully saturated rings. The Kier molecular flexibility index (Phi) is 7.45. The first kappa shape index (κ1) is 26.2. The molecule has 1 aromatic heterocycles. The summed E-state index contributed by atoms with van der Waals surface area (Å²) in [5.74, 6) is -1.32. The lowest BCUT2D eigenvalue weighted by atomic mass is 9.96. The van der Waals surface area contributed by atoms with E-state index in [1.807, 2.05) is 23.1 Å². The molecule has 200 valence electrons. The number of hydrogen-bond acceptors (Lipinski definition) is 5. The Morgan fingerprint density at radius 2 is 1.76 bits per heavy atom. The van der Waals surface area contributed by atoms with Crippen molar-refractivity contribution in [1.82, 2.24) is 14.4 Å². The summed E-state index contributed by atoms with van der Waals surface area (Å²) in [6.07, 6.45) is 4.42. The average Bonchev–Trinajstić information content (AvgIpc) is 3.56. The molecule has 0 spiro atoms. The number of hydrogen-bond donors (Lipinski definition) is 0. The van der Waals surface area contributed by atoms with Crippen LogP contribution in [0.5, 0.6) is 0 Å². The molecule has 5 rings (SSSR count). The number of carbonyl (C=O) groups is 1. The standard InChI is InChI=1S/C28H29F2N3O4S/c1-19-27(26(37-31-19)10-8-21-7-9-24(29)17-25(21)30)38(35,36)33-15-12-22(13-16-33)28(34)32-14-11-23(18-32)20-5-3-2-4-6-20/h2-10,17,22-23H,11-16,18H2,1H3/b10-8+/t23-/m0/s1. The zero-order valence-corrected chi connectivity index (χ0v) is 21.8. The highest BCUT2D eigenvalue weighted by Crippen LogP contribution is 2.32. The zero-order chi connectivity index (χ0) is 26.9. The number of aromatic nitrogens is 1. The molecular weight excluding hydrogens is 512 g/mol. The summed E-state index contributed by atoms with van der Waals surface area (Å²) in [4.78, 5) is 15.0. The van der Waals surface area contributed by atoms with E-state index in [2.05, 4.69) is 17.3 Å². The van der Waals surface area contributed by atoms with Crippen LogP contribution in [-0.4, -0.2) is 54.9 Å². The molecule has 10 heteroatoms. The van der Waals surface area contributed by atoms with Crippen molar-refractivity contribution in [2.45, 2.75) is 37.0 Å². The van der Waals surface area contributed by atoms with Crippen molar-refractivity contribution >= 4 is 28.1 Å². The topological polar surface area (TPSA) is 83.7 Å². The van der Waals surface area contributed by atoms with Gasteiger partial charge in [0, 0.05) is 49.6 Å². The highest BCUT2D eigenvalue weighted by atomic mass is 32.2. The van der Waals surface area contributed by atoms with Crippen LogP contribution in [0.2, 0.25) is 0 Å². The summed E-state index contributed by atoms with van der Waals surface area (Å²) in [5.41, 5.74) is 1.51. The lowest BCUT2D eigenvalue weighted by Crippen LogP contribution is -2.44. The second kappa shape index (κ2) is 10.8. The van der Waals surface area contributed by atoms with Gasteiger partial charge in [-0.3, -0.25) is 4.79 Å². The van der Waals surface area contributed by atoms with Crippen LogP contribution in [0, 0.1) is 24.5 Å². The number of likely N-dealkylation sites (tertiary alicyclic amines) is 1. The molecule has 0 N–H and O–H groups in total. The van der Waals surface area contributed by atoms with Crippen LogP contribution in [0.4, 0.5) is 8.78 Å². The molecule has 1 atom stereocenters. The van der Waals surface area contributed by atoms with Crippen molar-refractivity contribution < 1.29 is 26.5 Å². The quantitative estimate of drug-likeness (QED) is 0.446. The molecule has 7 nitrogen and oxygen atoms in total. The van der Waals surface area contributed by atoms with Gasteiger partial charge < -0.3 is 9.42 Å². The average molecular weight is 542 g/mol. The van der Waals surface area contributed by atoms with Crippen molar-refractivity contribution in [3.63, 3.8) is 0 Å². The number of piperidine rings is 1. The van der Waals surface area contributed by atoms with Gasteiger partial charge in [0.2, 0.25) is 15.9 Å². The number of sulfonamides is 1. The maximum Gasteiger partial charge on any atom is 0.248 e. The minimum atomic E-state index is -3.97. The summed E-state index contributed by atoms with van der Waals surface area (Å²) >= 11 is 0. The van der Waals surface area contributed by atoms with Gasteiger partial charge in [-0.2, -0.15) is 4.31 Å². The summed E-state index contributed by atoms with van der Waals surface area (Å²) in [6, 6.07) is 13.3.